The van der Waals surface area contributed by atoms with E-state index in [0.29, 0.717) is 6.61 Å². The van der Waals surface area contributed by atoms with Crippen molar-refractivity contribution in [1.29, 1.82) is 0 Å². The highest BCUT2D eigenvalue weighted by atomic mass is 32.1. The minimum absolute atomic E-state index is 0.200. The fourth-order valence-electron chi connectivity index (χ4n) is 1.62. The number of ether oxygens (including phenoxy) is 1. The molecule has 0 saturated carbocycles. The first-order valence-electron chi connectivity index (χ1n) is 5.06. The van der Waals surface area contributed by atoms with Crippen LogP contribution in [0.4, 0.5) is 0 Å². The molecule has 0 spiro atoms. The van der Waals surface area contributed by atoms with E-state index in [9.17, 15) is 0 Å². The third-order valence-corrected chi connectivity index (χ3v) is 3.32. The molecule has 1 atom stereocenters. The Morgan fingerprint density at radius 3 is 3.25 bits per heavy atom. The largest absolute Gasteiger partial charge is 0.378 e. The molecule has 3 rings (SSSR count). The quantitative estimate of drug-likeness (QED) is 0.799. The summed E-state index contributed by atoms with van der Waals surface area (Å²) in [5.41, 5.74) is 1.80. The van der Waals surface area contributed by atoms with Gasteiger partial charge < -0.3 is 10.1 Å². The summed E-state index contributed by atoms with van der Waals surface area (Å²) in [4.78, 5) is 4.53. The summed E-state index contributed by atoms with van der Waals surface area (Å²) in [6, 6.07) is 0.200. The molecular weight excluding hydrogens is 226 g/mol. The van der Waals surface area contributed by atoms with Crippen molar-refractivity contribution in [1.82, 2.24) is 25.7 Å². The van der Waals surface area contributed by atoms with Crippen molar-refractivity contribution < 1.29 is 4.74 Å². The van der Waals surface area contributed by atoms with Crippen LogP contribution >= 0.6 is 11.3 Å². The standard InChI is InChI=1S/C9H11N5OS/c1-2-15-4-7(10-1)8-5-16-9(12-8)6-3-11-14-13-6/h3,5,7,10H,1-2,4H2,(H,11,13,14). The van der Waals surface area contributed by atoms with Crippen molar-refractivity contribution in [3.8, 4) is 10.7 Å². The lowest BCUT2D eigenvalue weighted by Crippen LogP contribution is -2.34. The van der Waals surface area contributed by atoms with Gasteiger partial charge in [0.05, 0.1) is 31.1 Å². The molecule has 16 heavy (non-hydrogen) atoms. The maximum absolute atomic E-state index is 5.40. The molecule has 2 N–H and O–H groups in total. The van der Waals surface area contributed by atoms with Gasteiger partial charge in [-0.1, -0.05) is 0 Å². The van der Waals surface area contributed by atoms with E-state index in [-0.39, 0.29) is 6.04 Å². The average molecular weight is 237 g/mol. The van der Waals surface area contributed by atoms with Gasteiger partial charge in [0.2, 0.25) is 0 Å². The second-order valence-electron chi connectivity index (χ2n) is 3.51. The number of aromatic nitrogens is 4. The van der Waals surface area contributed by atoms with Crippen LogP contribution in [0.5, 0.6) is 0 Å². The number of H-pyrrole nitrogens is 1. The first-order chi connectivity index (χ1) is 7.93. The summed E-state index contributed by atoms with van der Waals surface area (Å²) in [6.07, 6.45) is 1.67. The summed E-state index contributed by atoms with van der Waals surface area (Å²) >= 11 is 1.57. The first kappa shape index (κ1) is 9.88. The van der Waals surface area contributed by atoms with Gasteiger partial charge in [-0.15, -0.1) is 11.3 Å². The van der Waals surface area contributed by atoms with Crippen molar-refractivity contribution in [3.63, 3.8) is 0 Å². The van der Waals surface area contributed by atoms with Crippen LogP contribution in [0.3, 0.4) is 0 Å². The number of hydrogen-bond acceptors (Lipinski definition) is 6. The lowest BCUT2D eigenvalue weighted by atomic mass is 10.2. The predicted molar refractivity (Wildman–Crippen MR) is 59.1 cm³/mol. The van der Waals surface area contributed by atoms with Gasteiger partial charge in [0.25, 0.3) is 0 Å². The van der Waals surface area contributed by atoms with Crippen LogP contribution in [-0.4, -0.2) is 40.2 Å². The Morgan fingerprint density at radius 1 is 1.50 bits per heavy atom. The third kappa shape index (κ3) is 1.84. The van der Waals surface area contributed by atoms with Crippen LogP contribution in [0, 0.1) is 0 Å². The van der Waals surface area contributed by atoms with Crippen LogP contribution in [-0.2, 0) is 4.74 Å². The summed E-state index contributed by atoms with van der Waals surface area (Å²) < 4.78 is 5.40. The number of thiazole rings is 1. The van der Waals surface area contributed by atoms with E-state index in [0.717, 1.165) is 29.5 Å². The minimum Gasteiger partial charge on any atom is -0.378 e. The molecule has 2 aromatic rings. The SMILES string of the molecule is c1n[nH]nc1-c1nc(C2COCCN2)cs1. The van der Waals surface area contributed by atoms with Gasteiger partial charge >= 0.3 is 0 Å². The normalized spacial score (nSPS) is 21.1. The zero-order chi connectivity index (χ0) is 10.8. The van der Waals surface area contributed by atoms with Gasteiger partial charge in [0.15, 0.2) is 0 Å². The summed E-state index contributed by atoms with van der Waals surface area (Å²) in [5.74, 6) is 0. The molecule has 1 aliphatic rings. The van der Waals surface area contributed by atoms with Crippen LogP contribution < -0.4 is 5.32 Å². The molecule has 1 unspecified atom stereocenters. The second kappa shape index (κ2) is 4.28. The highest BCUT2D eigenvalue weighted by Crippen LogP contribution is 2.24. The summed E-state index contributed by atoms with van der Waals surface area (Å²) in [7, 11) is 0. The first-order valence-corrected chi connectivity index (χ1v) is 5.94. The molecule has 0 radical (unpaired) electrons. The fourth-order valence-corrected chi connectivity index (χ4v) is 2.45. The number of nitrogens with zero attached hydrogens (tertiary/aromatic N) is 3. The van der Waals surface area contributed by atoms with Crippen LogP contribution in [0.2, 0.25) is 0 Å². The molecule has 1 saturated heterocycles. The molecule has 1 fully saturated rings. The Kier molecular flexibility index (Phi) is 2.65. The molecular formula is C9H11N5OS. The van der Waals surface area contributed by atoms with Crippen molar-refractivity contribution in [2.45, 2.75) is 6.04 Å². The second-order valence-corrected chi connectivity index (χ2v) is 4.37. The van der Waals surface area contributed by atoms with E-state index < -0.39 is 0 Å². The topological polar surface area (TPSA) is 75.7 Å². The zero-order valence-corrected chi connectivity index (χ0v) is 9.33. The molecule has 0 aromatic carbocycles. The van der Waals surface area contributed by atoms with Gasteiger partial charge in [-0.2, -0.15) is 15.4 Å². The molecule has 0 bridgehead atoms. The molecule has 2 aromatic heterocycles. The number of rotatable bonds is 2. The van der Waals surface area contributed by atoms with Crippen LogP contribution in [0.25, 0.3) is 10.7 Å². The van der Waals surface area contributed by atoms with Crippen molar-refractivity contribution in [2.75, 3.05) is 19.8 Å². The molecule has 84 valence electrons. The molecule has 0 aliphatic carbocycles. The van der Waals surface area contributed by atoms with E-state index >= 15 is 0 Å². The lowest BCUT2D eigenvalue weighted by molar-refractivity contribution is 0.0758. The van der Waals surface area contributed by atoms with E-state index in [1.54, 1.807) is 17.5 Å². The third-order valence-electron chi connectivity index (χ3n) is 2.43. The van der Waals surface area contributed by atoms with Crippen molar-refractivity contribution in [3.05, 3.63) is 17.3 Å². The van der Waals surface area contributed by atoms with Gasteiger partial charge in [0, 0.05) is 11.9 Å². The maximum atomic E-state index is 5.40. The summed E-state index contributed by atoms with van der Waals surface area (Å²) in [5, 5.41) is 16.7. The van der Waals surface area contributed by atoms with Gasteiger partial charge in [0.1, 0.15) is 10.7 Å². The number of hydrogen-bond donors (Lipinski definition) is 2. The van der Waals surface area contributed by atoms with Gasteiger partial charge in [-0.25, -0.2) is 4.98 Å². The Labute approximate surface area is 96.1 Å². The van der Waals surface area contributed by atoms with E-state index in [4.69, 9.17) is 4.74 Å². The van der Waals surface area contributed by atoms with Gasteiger partial charge in [-0.3, -0.25) is 0 Å². The highest BCUT2D eigenvalue weighted by Gasteiger charge is 2.18. The number of morpholine rings is 1. The van der Waals surface area contributed by atoms with Crippen LogP contribution in [0.1, 0.15) is 11.7 Å². The van der Waals surface area contributed by atoms with E-state index in [1.165, 1.54) is 0 Å². The van der Waals surface area contributed by atoms with Crippen molar-refractivity contribution >= 4 is 11.3 Å². The molecule has 3 heterocycles. The molecule has 1 aliphatic heterocycles. The van der Waals surface area contributed by atoms with E-state index in [2.05, 4.69) is 25.7 Å². The monoisotopic (exact) mass is 237 g/mol. The van der Waals surface area contributed by atoms with Crippen LogP contribution in [0.15, 0.2) is 11.6 Å². The lowest BCUT2D eigenvalue weighted by Gasteiger charge is -2.21. The Balaban J connectivity index is 1.82. The van der Waals surface area contributed by atoms with E-state index in [1.807, 2.05) is 5.38 Å². The zero-order valence-electron chi connectivity index (χ0n) is 8.51. The Hall–Kier alpha value is -1.31. The van der Waals surface area contributed by atoms with Gasteiger partial charge in [-0.05, 0) is 0 Å². The highest BCUT2D eigenvalue weighted by molar-refractivity contribution is 7.13. The average Bonchev–Trinajstić information content (AvgIpc) is 3.01. The minimum atomic E-state index is 0.200. The Bertz CT molecular complexity index is 448. The molecule has 6 nitrogen and oxygen atoms in total. The molecule has 7 heteroatoms. The number of aromatic amines is 1. The molecule has 0 amide bonds. The predicted octanol–water partition coefficient (Wildman–Crippen LogP) is 0.589. The van der Waals surface area contributed by atoms with Crippen molar-refractivity contribution in [2.24, 2.45) is 0 Å². The fraction of sp³-hybridized carbons (Fsp3) is 0.444. The smallest absolute Gasteiger partial charge is 0.145 e. The maximum Gasteiger partial charge on any atom is 0.145 e. The number of nitrogens with one attached hydrogen (secondary N) is 2. The Morgan fingerprint density at radius 2 is 2.50 bits per heavy atom. The summed E-state index contributed by atoms with van der Waals surface area (Å²) in [6.45, 7) is 2.33.